The average Bonchev–Trinajstić information content (AvgIpc) is 3.26. The van der Waals surface area contributed by atoms with E-state index in [1.807, 2.05) is 47.1 Å². The van der Waals surface area contributed by atoms with Crippen molar-refractivity contribution < 1.29 is 0 Å². The van der Waals surface area contributed by atoms with Gasteiger partial charge in [0.2, 0.25) is 5.95 Å². The lowest BCUT2D eigenvalue weighted by Gasteiger charge is -2.35. The fraction of sp³-hybridized carbons (Fsp3) is 0.321. The van der Waals surface area contributed by atoms with Crippen molar-refractivity contribution in [1.29, 1.82) is 0 Å². The summed E-state index contributed by atoms with van der Waals surface area (Å²) in [6, 6.07) is 16.7. The van der Waals surface area contributed by atoms with Gasteiger partial charge in [-0.05, 0) is 30.5 Å². The first-order valence-corrected chi connectivity index (χ1v) is 12.4. The molecule has 3 heterocycles. The molecule has 1 aliphatic heterocycles. The summed E-state index contributed by atoms with van der Waals surface area (Å²) in [6.07, 6.45) is 4.06. The Morgan fingerprint density at radius 1 is 1.00 bits per heavy atom. The average molecular weight is 485 g/mol. The van der Waals surface area contributed by atoms with Gasteiger partial charge in [0.05, 0.1) is 0 Å². The first-order valence-electron chi connectivity index (χ1n) is 12.4. The number of hydrogen-bond donors (Lipinski definition) is 1. The Kier molecular flexibility index (Phi) is 6.61. The van der Waals surface area contributed by atoms with Gasteiger partial charge in [0.15, 0.2) is 11.2 Å². The number of piperazine rings is 1. The number of aryl methyl sites for hydroxylation is 3. The molecule has 36 heavy (non-hydrogen) atoms. The van der Waals surface area contributed by atoms with Gasteiger partial charge in [-0.3, -0.25) is 19.2 Å². The van der Waals surface area contributed by atoms with Crippen molar-refractivity contribution in [2.75, 3.05) is 31.1 Å². The quantitative estimate of drug-likeness (QED) is 0.455. The number of benzene rings is 2. The van der Waals surface area contributed by atoms with Crippen LogP contribution in [0.2, 0.25) is 0 Å². The van der Waals surface area contributed by atoms with E-state index in [2.05, 4.69) is 46.8 Å². The molecule has 4 aromatic rings. The molecule has 0 bridgehead atoms. The van der Waals surface area contributed by atoms with E-state index in [1.165, 1.54) is 21.3 Å². The van der Waals surface area contributed by atoms with Crippen molar-refractivity contribution in [3.05, 3.63) is 97.7 Å². The van der Waals surface area contributed by atoms with E-state index in [4.69, 9.17) is 4.98 Å². The summed E-state index contributed by atoms with van der Waals surface area (Å²) >= 11 is 0. The van der Waals surface area contributed by atoms with Gasteiger partial charge in [0, 0.05) is 46.3 Å². The van der Waals surface area contributed by atoms with Crippen LogP contribution in [0.15, 0.2) is 64.2 Å². The monoisotopic (exact) mass is 484 g/mol. The number of allylic oxidation sites excluding steroid dienone is 1. The molecule has 1 aliphatic rings. The third-order valence-electron chi connectivity index (χ3n) is 6.94. The minimum absolute atomic E-state index is 0.407. The molecule has 0 saturated carbocycles. The fourth-order valence-electron chi connectivity index (χ4n) is 4.81. The highest BCUT2D eigenvalue weighted by atomic mass is 16.2. The van der Waals surface area contributed by atoms with E-state index < -0.39 is 11.2 Å². The van der Waals surface area contributed by atoms with E-state index >= 15 is 0 Å². The molecule has 0 atom stereocenters. The number of aromatic nitrogens is 4. The number of hydrogen-bond acceptors (Lipinski definition) is 5. The Hall–Kier alpha value is -3.91. The highest BCUT2D eigenvalue weighted by Gasteiger charge is 2.24. The summed E-state index contributed by atoms with van der Waals surface area (Å²) in [7, 11) is 1.64. The molecule has 2 aromatic heterocycles. The fourth-order valence-corrected chi connectivity index (χ4v) is 4.81. The Bertz CT molecular complexity index is 1520. The molecule has 0 spiro atoms. The molecule has 5 rings (SSSR count). The topological polar surface area (TPSA) is 79.2 Å². The number of nitrogens with zero attached hydrogens (tertiary/aromatic N) is 5. The van der Waals surface area contributed by atoms with Crippen LogP contribution in [0.3, 0.4) is 0 Å². The zero-order valence-corrected chi connectivity index (χ0v) is 21.1. The van der Waals surface area contributed by atoms with Crippen molar-refractivity contribution >= 4 is 23.2 Å². The van der Waals surface area contributed by atoms with Crippen molar-refractivity contribution in [2.24, 2.45) is 7.05 Å². The second-order valence-corrected chi connectivity index (χ2v) is 9.52. The SMILES string of the molecule is Cc1ccc(C)c(CN2CCN(c3nc4c(c(=O)[nH]c(=O)n4C)n3CC=Cc3ccccc3)CC2)c1. The van der Waals surface area contributed by atoms with Crippen LogP contribution in [0.25, 0.3) is 17.2 Å². The molecule has 0 radical (unpaired) electrons. The summed E-state index contributed by atoms with van der Waals surface area (Å²) in [6.45, 7) is 9.07. The number of aromatic amines is 1. The molecular formula is C28H32N6O2. The molecule has 1 saturated heterocycles. The standard InChI is InChI=1S/C28H32N6O2/c1-20-11-12-21(2)23(18-20)19-32-14-16-33(17-15-32)27-29-25-24(26(35)30-28(36)31(25)3)34(27)13-7-10-22-8-5-4-6-9-22/h4-12,18H,13-17,19H2,1-3H3,(H,30,35,36). The van der Waals surface area contributed by atoms with Crippen LogP contribution in [0.4, 0.5) is 5.95 Å². The van der Waals surface area contributed by atoms with Gasteiger partial charge in [0.1, 0.15) is 0 Å². The van der Waals surface area contributed by atoms with E-state index in [0.29, 0.717) is 17.7 Å². The van der Waals surface area contributed by atoms with Crippen molar-refractivity contribution in [2.45, 2.75) is 26.9 Å². The maximum atomic E-state index is 12.8. The van der Waals surface area contributed by atoms with Crippen molar-refractivity contribution in [3.8, 4) is 0 Å². The van der Waals surface area contributed by atoms with Gasteiger partial charge in [-0.2, -0.15) is 4.98 Å². The Morgan fingerprint density at radius 3 is 2.50 bits per heavy atom. The maximum Gasteiger partial charge on any atom is 0.329 e. The summed E-state index contributed by atoms with van der Waals surface area (Å²) in [5.41, 5.74) is 5.01. The lowest BCUT2D eigenvalue weighted by Crippen LogP contribution is -2.47. The third kappa shape index (κ3) is 4.77. The molecular weight excluding hydrogens is 452 g/mol. The van der Waals surface area contributed by atoms with Gasteiger partial charge in [-0.25, -0.2) is 4.79 Å². The van der Waals surface area contributed by atoms with Crippen LogP contribution in [0.1, 0.15) is 22.3 Å². The highest BCUT2D eigenvalue weighted by Crippen LogP contribution is 2.22. The van der Waals surface area contributed by atoms with E-state index in [0.717, 1.165) is 44.2 Å². The Labute approximate surface area is 210 Å². The molecule has 0 aliphatic carbocycles. The minimum atomic E-state index is -0.457. The number of rotatable bonds is 6. The maximum absolute atomic E-state index is 12.8. The van der Waals surface area contributed by atoms with Crippen LogP contribution < -0.4 is 16.1 Å². The molecule has 8 heteroatoms. The number of imidazole rings is 1. The van der Waals surface area contributed by atoms with E-state index in [1.54, 1.807) is 7.05 Å². The predicted octanol–water partition coefficient (Wildman–Crippen LogP) is 3.08. The first kappa shape index (κ1) is 23.8. The smallest absolute Gasteiger partial charge is 0.329 e. The van der Waals surface area contributed by atoms with Crippen LogP contribution in [0.5, 0.6) is 0 Å². The van der Waals surface area contributed by atoms with Gasteiger partial charge in [-0.1, -0.05) is 66.2 Å². The van der Waals surface area contributed by atoms with Gasteiger partial charge >= 0.3 is 5.69 Å². The minimum Gasteiger partial charge on any atom is -0.340 e. The van der Waals surface area contributed by atoms with Crippen LogP contribution >= 0.6 is 0 Å². The Balaban J connectivity index is 1.42. The number of H-pyrrole nitrogens is 1. The first-order chi connectivity index (χ1) is 17.4. The molecule has 186 valence electrons. The summed E-state index contributed by atoms with van der Waals surface area (Å²) < 4.78 is 3.34. The van der Waals surface area contributed by atoms with Gasteiger partial charge < -0.3 is 9.47 Å². The van der Waals surface area contributed by atoms with Crippen molar-refractivity contribution in [1.82, 2.24) is 24.0 Å². The zero-order chi connectivity index (χ0) is 25.2. The highest BCUT2D eigenvalue weighted by molar-refractivity contribution is 5.74. The Morgan fingerprint density at radius 2 is 1.75 bits per heavy atom. The predicted molar refractivity (Wildman–Crippen MR) is 144 cm³/mol. The van der Waals surface area contributed by atoms with Crippen LogP contribution in [-0.4, -0.2) is 50.2 Å². The van der Waals surface area contributed by atoms with Crippen LogP contribution in [0, 0.1) is 13.8 Å². The molecule has 8 nitrogen and oxygen atoms in total. The molecule has 0 amide bonds. The second-order valence-electron chi connectivity index (χ2n) is 9.52. The molecule has 0 unspecified atom stereocenters. The zero-order valence-electron chi connectivity index (χ0n) is 21.1. The number of fused-ring (bicyclic) bond motifs is 1. The lowest BCUT2D eigenvalue weighted by molar-refractivity contribution is 0.248. The van der Waals surface area contributed by atoms with Crippen molar-refractivity contribution in [3.63, 3.8) is 0 Å². The van der Waals surface area contributed by atoms with E-state index in [9.17, 15) is 9.59 Å². The number of nitrogens with one attached hydrogen (secondary N) is 1. The largest absolute Gasteiger partial charge is 0.340 e. The summed E-state index contributed by atoms with van der Waals surface area (Å²) in [5, 5.41) is 0. The van der Waals surface area contributed by atoms with Gasteiger partial charge in [0.25, 0.3) is 5.56 Å². The van der Waals surface area contributed by atoms with Crippen LogP contribution in [-0.2, 0) is 20.1 Å². The summed E-state index contributed by atoms with van der Waals surface area (Å²) in [4.78, 5) is 37.0. The summed E-state index contributed by atoms with van der Waals surface area (Å²) in [5.74, 6) is 0.723. The normalized spacial score (nSPS) is 14.8. The second kappa shape index (κ2) is 9.99. The molecule has 1 N–H and O–H groups in total. The van der Waals surface area contributed by atoms with Gasteiger partial charge in [-0.15, -0.1) is 0 Å². The third-order valence-corrected chi connectivity index (χ3v) is 6.94. The lowest BCUT2D eigenvalue weighted by atomic mass is 10.0. The molecule has 2 aromatic carbocycles. The van der Waals surface area contributed by atoms with E-state index in [-0.39, 0.29) is 0 Å². The molecule has 1 fully saturated rings. The number of anilines is 1.